The zero-order chi connectivity index (χ0) is 13.0. The molecule has 0 aromatic carbocycles. The van der Waals surface area contributed by atoms with Crippen molar-refractivity contribution in [3.05, 3.63) is 17.8 Å². The third kappa shape index (κ3) is 3.56. The van der Waals surface area contributed by atoms with Gasteiger partial charge < -0.3 is 15.1 Å². The summed E-state index contributed by atoms with van der Waals surface area (Å²) in [6.07, 6.45) is 6.11. The first kappa shape index (κ1) is 13.6. The van der Waals surface area contributed by atoms with Crippen LogP contribution in [0.3, 0.4) is 0 Å². The van der Waals surface area contributed by atoms with E-state index in [1.165, 1.54) is 25.9 Å². The average Bonchev–Trinajstić information content (AvgIpc) is 2.78. The molecule has 0 aliphatic carbocycles. The highest BCUT2D eigenvalue weighted by Crippen LogP contribution is 2.22. The van der Waals surface area contributed by atoms with Crippen molar-refractivity contribution in [2.45, 2.75) is 45.6 Å². The van der Waals surface area contributed by atoms with Crippen LogP contribution in [0, 0.1) is 5.92 Å². The first-order valence-corrected chi connectivity index (χ1v) is 7.06. The summed E-state index contributed by atoms with van der Waals surface area (Å²) in [5.41, 5.74) is 5.50. The Labute approximate surface area is 110 Å². The van der Waals surface area contributed by atoms with E-state index in [0.717, 1.165) is 30.4 Å². The first-order chi connectivity index (χ1) is 8.69. The molecule has 18 heavy (non-hydrogen) atoms. The molecule has 4 nitrogen and oxygen atoms in total. The number of rotatable bonds is 5. The summed E-state index contributed by atoms with van der Waals surface area (Å²) in [5.74, 6) is 2.54. The van der Waals surface area contributed by atoms with Crippen LogP contribution in [0.5, 0.6) is 0 Å². The molecule has 0 atom stereocenters. The highest BCUT2D eigenvalue weighted by atomic mass is 16.4. The number of hydrogen-bond donors (Lipinski definition) is 1. The summed E-state index contributed by atoms with van der Waals surface area (Å²) in [4.78, 5) is 6.89. The number of aromatic nitrogens is 1. The molecular formula is C14H25N3O. The molecule has 0 amide bonds. The number of likely N-dealkylation sites (tertiary alicyclic amines) is 1. The van der Waals surface area contributed by atoms with Crippen LogP contribution in [0.2, 0.25) is 0 Å². The lowest BCUT2D eigenvalue weighted by atomic mass is 9.93. The molecule has 1 aromatic rings. The second-order valence-electron chi connectivity index (χ2n) is 5.54. The van der Waals surface area contributed by atoms with Gasteiger partial charge in [0.1, 0.15) is 5.76 Å². The fourth-order valence-electron chi connectivity index (χ4n) is 2.62. The van der Waals surface area contributed by atoms with Gasteiger partial charge in [-0.1, -0.05) is 0 Å². The molecule has 0 spiro atoms. The molecule has 1 aliphatic rings. The number of nitrogens with two attached hydrogens (primary N) is 1. The molecular weight excluding hydrogens is 226 g/mol. The third-order valence-corrected chi connectivity index (χ3v) is 3.83. The normalized spacial score (nSPS) is 18.7. The molecule has 1 fully saturated rings. The van der Waals surface area contributed by atoms with Crippen LogP contribution in [0.4, 0.5) is 0 Å². The van der Waals surface area contributed by atoms with E-state index in [4.69, 9.17) is 10.2 Å². The molecule has 1 aliphatic heterocycles. The van der Waals surface area contributed by atoms with Gasteiger partial charge in [-0.25, -0.2) is 4.98 Å². The Morgan fingerprint density at radius 2 is 2.17 bits per heavy atom. The maximum Gasteiger partial charge on any atom is 0.194 e. The molecule has 0 radical (unpaired) electrons. The van der Waals surface area contributed by atoms with Gasteiger partial charge in [-0.2, -0.15) is 0 Å². The highest BCUT2D eigenvalue weighted by molar-refractivity contribution is 4.96. The van der Waals surface area contributed by atoms with Crippen LogP contribution in [0.25, 0.3) is 0 Å². The van der Waals surface area contributed by atoms with E-state index >= 15 is 0 Å². The van der Waals surface area contributed by atoms with Crippen molar-refractivity contribution in [1.29, 1.82) is 0 Å². The van der Waals surface area contributed by atoms with Crippen molar-refractivity contribution in [1.82, 2.24) is 9.88 Å². The summed E-state index contributed by atoms with van der Waals surface area (Å²) in [6, 6.07) is 0.670. The standard InChI is InChI=1S/C14H25N3O/c1-11(2)17-7-4-12(5-8-17)9-14-16-10-13(18-14)3-6-15/h10-12H,3-9,15H2,1-2H3. The number of piperidine rings is 1. The van der Waals surface area contributed by atoms with Crippen LogP contribution in [0.1, 0.15) is 38.3 Å². The zero-order valence-corrected chi connectivity index (χ0v) is 11.6. The molecule has 2 rings (SSSR count). The van der Waals surface area contributed by atoms with Gasteiger partial charge in [0.25, 0.3) is 0 Å². The monoisotopic (exact) mass is 251 g/mol. The van der Waals surface area contributed by atoms with Crippen LogP contribution in [-0.4, -0.2) is 35.6 Å². The van der Waals surface area contributed by atoms with Crippen LogP contribution in [-0.2, 0) is 12.8 Å². The van der Waals surface area contributed by atoms with Gasteiger partial charge in [0.15, 0.2) is 5.89 Å². The lowest BCUT2D eigenvalue weighted by Crippen LogP contribution is -2.38. The smallest absolute Gasteiger partial charge is 0.194 e. The Balaban J connectivity index is 1.80. The number of oxazole rings is 1. The summed E-state index contributed by atoms with van der Waals surface area (Å²) in [5, 5.41) is 0. The topological polar surface area (TPSA) is 55.3 Å². The lowest BCUT2D eigenvalue weighted by molar-refractivity contribution is 0.146. The molecule has 0 saturated carbocycles. The van der Waals surface area contributed by atoms with Crippen molar-refractivity contribution < 1.29 is 4.42 Å². The SMILES string of the molecule is CC(C)N1CCC(Cc2ncc(CCN)o2)CC1. The van der Waals surface area contributed by atoms with Crippen molar-refractivity contribution in [2.75, 3.05) is 19.6 Å². The Morgan fingerprint density at radius 3 is 2.78 bits per heavy atom. The maximum absolute atomic E-state index is 5.70. The average molecular weight is 251 g/mol. The third-order valence-electron chi connectivity index (χ3n) is 3.83. The quantitative estimate of drug-likeness (QED) is 0.867. The Hall–Kier alpha value is -0.870. The van der Waals surface area contributed by atoms with Crippen molar-refractivity contribution in [3.63, 3.8) is 0 Å². The van der Waals surface area contributed by atoms with Gasteiger partial charge >= 0.3 is 0 Å². The predicted octanol–water partition coefficient (Wildman–Crippen LogP) is 1.84. The van der Waals surface area contributed by atoms with Crippen LogP contribution >= 0.6 is 0 Å². The van der Waals surface area contributed by atoms with Gasteiger partial charge in [0.05, 0.1) is 6.20 Å². The Kier molecular flexibility index (Phi) is 4.78. The fraction of sp³-hybridized carbons (Fsp3) is 0.786. The molecule has 1 saturated heterocycles. The summed E-state index contributed by atoms with van der Waals surface area (Å²) in [6.45, 7) is 7.58. The van der Waals surface area contributed by atoms with E-state index in [0.29, 0.717) is 12.6 Å². The van der Waals surface area contributed by atoms with Crippen molar-refractivity contribution in [3.8, 4) is 0 Å². The van der Waals surface area contributed by atoms with Crippen LogP contribution < -0.4 is 5.73 Å². The van der Waals surface area contributed by atoms with Gasteiger partial charge in [-0.05, 0) is 52.2 Å². The second-order valence-corrected chi connectivity index (χ2v) is 5.54. The second kappa shape index (κ2) is 6.34. The predicted molar refractivity (Wildman–Crippen MR) is 72.4 cm³/mol. The zero-order valence-electron chi connectivity index (χ0n) is 11.6. The minimum Gasteiger partial charge on any atom is -0.446 e. The molecule has 2 N–H and O–H groups in total. The molecule has 102 valence electrons. The van der Waals surface area contributed by atoms with Crippen LogP contribution in [0.15, 0.2) is 10.6 Å². The number of hydrogen-bond acceptors (Lipinski definition) is 4. The summed E-state index contributed by atoms with van der Waals surface area (Å²) < 4.78 is 5.70. The van der Waals surface area contributed by atoms with E-state index in [2.05, 4.69) is 23.7 Å². The van der Waals surface area contributed by atoms with Crippen molar-refractivity contribution >= 4 is 0 Å². The molecule has 0 unspecified atom stereocenters. The maximum atomic E-state index is 5.70. The number of nitrogens with zero attached hydrogens (tertiary/aromatic N) is 2. The minimum absolute atomic E-state index is 0.626. The summed E-state index contributed by atoms with van der Waals surface area (Å²) in [7, 11) is 0. The Bertz CT molecular complexity index is 354. The van der Waals surface area contributed by atoms with E-state index in [-0.39, 0.29) is 0 Å². The molecule has 1 aromatic heterocycles. The largest absolute Gasteiger partial charge is 0.446 e. The minimum atomic E-state index is 0.626. The van der Waals surface area contributed by atoms with Gasteiger partial charge in [-0.3, -0.25) is 0 Å². The van der Waals surface area contributed by atoms with Crippen molar-refractivity contribution in [2.24, 2.45) is 11.7 Å². The van der Waals surface area contributed by atoms with E-state index in [9.17, 15) is 0 Å². The Morgan fingerprint density at radius 1 is 1.44 bits per heavy atom. The van der Waals surface area contributed by atoms with E-state index in [1.54, 1.807) is 0 Å². The lowest BCUT2D eigenvalue weighted by Gasteiger charge is -2.34. The molecule has 2 heterocycles. The van der Waals surface area contributed by atoms with Gasteiger partial charge in [0.2, 0.25) is 0 Å². The first-order valence-electron chi connectivity index (χ1n) is 7.06. The van der Waals surface area contributed by atoms with Gasteiger partial charge in [-0.15, -0.1) is 0 Å². The summed E-state index contributed by atoms with van der Waals surface area (Å²) >= 11 is 0. The van der Waals surface area contributed by atoms with Gasteiger partial charge in [0, 0.05) is 18.9 Å². The molecule has 4 heteroatoms. The molecule has 0 bridgehead atoms. The highest BCUT2D eigenvalue weighted by Gasteiger charge is 2.22. The van der Waals surface area contributed by atoms with E-state index < -0.39 is 0 Å². The van der Waals surface area contributed by atoms with E-state index in [1.807, 2.05) is 6.20 Å². The fourth-order valence-corrected chi connectivity index (χ4v) is 2.62.